The number of hydrogen-bond donors (Lipinski definition) is 2. The van der Waals surface area contributed by atoms with Crippen LogP contribution >= 0.6 is 0 Å². The molecule has 2 N–H and O–H groups in total. The van der Waals surface area contributed by atoms with E-state index < -0.39 is 11.7 Å². The molecular formula is C29H28F2N4O3. The molecule has 0 aromatic heterocycles. The molecule has 1 saturated carbocycles. The summed E-state index contributed by atoms with van der Waals surface area (Å²) in [6, 6.07) is 16.5. The predicted octanol–water partition coefficient (Wildman–Crippen LogP) is 4.21. The van der Waals surface area contributed by atoms with Crippen molar-refractivity contribution in [3.8, 4) is 0 Å². The normalized spacial score (nSPS) is 15.2. The van der Waals surface area contributed by atoms with Gasteiger partial charge in [0, 0.05) is 50.0 Å². The fourth-order valence-electron chi connectivity index (χ4n) is 4.55. The lowest BCUT2D eigenvalue weighted by Crippen LogP contribution is -2.49. The van der Waals surface area contributed by atoms with Crippen LogP contribution in [-0.4, -0.2) is 48.8 Å². The Morgan fingerprint density at radius 2 is 1.53 bits per heavy atom. The van der Waals surface area contributed by atoms with E-state index in [1.807, 2.05) is 9.80 Å². The quantitative estimate of drug-likeness (QED) is 0.491. The van der Waals surface area contributed by atoms with Gasteiger partial charge in [-0.25, -0.2) is 8.78 Å². The van der Waals surface area contributed by atoms with Gasteiger partial charge in [0.15, 0.2) is 0 Å². The highest BCUT2D eigenvalue weighted by Gasteiger charge is 2.35. The van der Waals surface area contributed by atoms with Crippen molar-refractivity contribution in [1.29, 1.82) is 0 Å². The maximum atomic E-state index is 14.1. The average Bonchev–Trinajstić information content (AvgIpc) is 3.78. The number of anilines is 2. The summed E-state index contributed by atoms with van der Waals surface area (Å²) in [5.74, 6) is -1.64. The van der Waals surface area contributed by atoms with Gasteiger partial charge in [0.25, 0.3) is 11.8 Å². The van der Waals surface area contributed by atoms with E-state index in [1.165, 1.54) is 30.3 Å². The first-order valence-corrected chi connectivity index (χ1v) is 12.7. The number of benzene rings is 3. The van der Waals surface area contributed by atoms with E-state index in [0.29, 0.717) is 43.1 Å². The summed E-state index contributed by atoms with van der Waals surface area (Å²) in [6.45, 7) is 2.46. The van der Waals surface area contributed by atoms with Gasteiger partial charge in [-0.15, -0.1) is 0 Å². The van der Waals surface area contributed by atoms with Crippen LogP contribution in [-0.2, 0) is 11.3 Å². The number of hydrogen-bond acceptors (Lipinski definition) is 4. The molecule has 3 aromatic carbocycles. The second kappa shape index (κ2) is 11.0. The molecule has 2 fully saturated rings. The van der Waals surface area contributed by atoms with E-state index in [4.69, 9.17) is 0 Å². The van der Waals surface area contributed by atoms with Crippen molar-refractivity contribution in [3.63, 3.8) is 0 Å². The van der Waals surface area contributed by atoms with Gasteiger partial charge in [0.2, 0.25) is 5.91 Å². The van der Waals surface area contributed by atoms with Crippen LogP contribution in [0.25, 0.3) is 0 Å². The smallest absolute Gasteiger partial charge is 0.258 e. The summed E-state index contributed by atoms with van der Waals surface area (Å²) in [5.41, 5.74) is 1.98. The Balaban J connectivity index is 1.35. The van der Waals surface area contributed by atoms with Gasteiger partial charge >= 0.3 is 0 Å². The molecule has 1 aliphatic carbocycles. The molecule has 0 radical (unpaired) electrons. The molecule has 2 aliphatic rings. The van der Waals surface area contributed by atoms with Crippen molar-refractivity contribution in [2.24, 2.45) is 5.92 Å². The van der Waals surface area contributed by atoms with Crippen molar-refractivity contribution in [2.45, 2.75) is 19.4 Å². The number of carbonyl (C=O) groups is 3. The summed E-state index contributed by atoms with van der Waals surface area (Å²) >= 11 is 0. The van der Waals surface area contributed by atoms with Crippen molar-refractivity contribution < 1.29 is 23.2 Å². The number of nitrogens with one attached hydrogen (secondary N) is 2. The Morgan fingerprint density at radius 3 is 2.21 bits per heavy atom. The molecule has 3 amide bonds. The third kappa shape index (κ3) is 5.82. The van der Waals surface area contributed by atoms with Crippen LogP contribution in [0, 0.1) is 17.6 Å². The second-order valence-electron chi connectivity index (χ2n) is 9.56. The number of piperazine rings is 1. The van der Waals surface area contributed by atoms with Crippen LogP contribution in [0.2, 0.25) is 0 Å². The molecule has 0 unspecified atom stereocenters. The van der Waals surface area contributed by atoms with Gasteiger partial charge in [0.1, 0.15) is 11.6 Å². The summed E-state index contributed by atoms with van der Waals surface area (Å²) in [5, 5.41) is 5.53. The number of carbonyl (C=O) groups excluding carboxylic acids is 3. The van der Waals surface area contributed by atoms with Crippen molar-refractivity contribution in [3.05, 3.63) is 95.1 Å². The molecule has 196 valence electrons. The highest BCUT2D eigenvalue weighted by atomic mass is 19.1. The monoisotopic (exact) mass is 518 g/mol. The molecule has 1 aliphatic heterocycles. The van der Waals surface area contributed by atoms with E-state index in [0.717, 1.165) is 18.4 Å². The van der Waals surface area contributed by atoms with Gasteiger partial charge < -0.3 is 20.4 Å². The lowest BCUT2D eigenvalue weighted by molar-refractivity contribution is -0.132. The third-order valence-corrected chi connectivity index (χ3v) is 6.84. The van der Waals surface area contributed by atoms with Crippen molar-refractivity contribution in [1.82, 2.24) is 10.2 Å². The summed E-state index contributed by atoms with van der Waals surface area (Å²) < 4.78 is 27.4. The van der Waals surface area contributed by atoms with E-state index in [2.05, 4.69) is 10.6 Å². The van der Waals surface area contributed by atoms with Gasteiger partial charge in [-0.05, 0) is 60.9 Å². The van der Waals surface area contributed by atoms with Crippen LogP contribution in [0.3, 0.4) is 0 Å². The van der Waals surface area contributed by atoms with E-state index in [1.54, 1.807) is 36.4 Å². The highest BCUT2D eigenvalue weighted by Crippen LogP contribution is 2.32. The first kappa shape index (κ1) is 25.4. The van der Waals surface area contributed by atoms with Crippen LogP contribution in [0.15, 0.2) is 66.7 Å². The standard InChI is InChI=1S/C29H28F2N4O3/c30-21-9-5-19(6-10-21)18-32-27(36)24-17-22(33-28(37)23-3-1-2-4-25(23)31)11-12-26(24)34-13-15-35(16-14-34)29(38)20-7-8-20/h1-6,9-12,17,20H,7-8,13-16,18H2,(H,32,36)(H,33,37). The molecule has 0 bridgehead atoms. The maximum absolute atomic E-state index is 14.1. The molecule has 7 nitrogen and oxygen atoms in total. The fourth-order valence-corrected chi connectivity index (χ4v) is 4.55. The minimum absolute atomic E-state index is 0.102. The first-order chi connectivity index (χ1) is 18.4. The zero-order chi connectivity index (χ0) is 26.6. The van der Waals surface area contributed by atoms with Gasteiger partial charge in [0.05, 0.1) is 11.1 Å². The second-order valence-corrected chi connectivity index (χ2v) is 9.56. The molecule has 3 aromatic rings. The highest BCUT2D eigenvalue weighted by molar-refractivity contribution is 6.06. The Morgan fingerprint density at radius 1 is 0.816 bits per heavy atom. The molecule has 0 spiro atoms. The summed E-state index contributed by atoms with van der Waals surface area (Å²) in [7, 11) is 0. The number of amides is 3. The summed E-state index contributed by atoms with van der Waals surface area (Å²) in [6.07, 6.45) is 1.91. The lowest BCUT2D eigenvalue weighted by atomic mass is 10.1. The molecule has 9 heteroatoms. The van der Waals surface area contributed by atoms with Crippen molar-refractivity contribution >= 4 is 29.1 Å². The lowest BCUT2D eigenvalue weighted by Gasteiger charge is -2.37. The number of nitrogens with zero attached hydrogens (tertiary/aromatic N) is 2. The number of halogens is 2. The third-order valence-electron chi connectivity index (χ3n) is 6.84. The van der Waals surface area contributed by atoms with E-state index in [9.17, 15) is 23.2 Å². The van der Waals surface area contributed by atoms with Crippen LogP contribution in [0.1, 0.15) is 39.1 Å². The number of rotatable bonds is 7. The topological polar surface area (TPSA) is 81.8 Å². The molecule has 38 heavy (non-hydrogen) atoms. The van der Waals surface area contributed by atoms with E-state index >= 15 is 0 Å². The van der Waals surface area contributed by atoms with Crippen LogP contribution in [0.5, 0.6) is 0 Å². The Hall–Kier alpha value is -4.27. The fraction of sp³-hybridized carbons (Fsp3) is 0.276. The zero-order valence-corrected chi connectivity index (χ0v) is 20.8. The molecule has 1 heterocycles. The minimum atomic E-state index is -0.641. The van der Waals surface area contributed by atoms with Gasteiger partial charge in [-0.2, -0.15) is 0 Å². The van der Waals surface area contributed by atoms with Crippen LogP contribution < -0.4 is 15.5 Å². The van der Waals surface area contributed by atoms with E-state index in [-0.39, 0.29) is 35.7 Å². The minimum Gasteiger partial charge on any atom is -0.367 e. The molecule has 5 rings (SSSR count). The first-order valence-electron chi connectivity index (χ1n) is 12.7. The largest absolute Gasteiger partial charge is 0.367 e. The SMILES string of the molecule is O=C(Nc1ccc(N2CCN(C(=O)C3CC3)CC2)c(C(=O)NCc2ccc(F)cc2)c1)c1ccccc1F. The Kier molecular flexibility index (Phi) is 7.35. The average molecular weight is 519 g/mol. The zero-order valence-electron chi connectivity index (χ0n) is 20.8. The molecular weight excluding hydrogens is 490 g/mol. The maximum Gasteiger partial charge on any atom is 0.258 e. The summed E-state index contributed by atoms with van der Waals surface area (Å²) in [4.78, 5) is 42.4. The molecule has 1 saturated heterocycles. The Bertz CT molecular complexity index is 1350. The van der Waals surface area contributed by atoms with Gasteiger partial charge in [-0.3, -0.25) is 14.4 Å². The predicted molar refractivity (Wildman–Crippen MR) is 140 cm³/mol. The van der Waals surface area contributed by atoms with Gasteiger partial charge in [-0.1, -0.05) is 24.3 Å². The molecule has 0 atom stereocenters. The van der Waals surface area contributed by atoms with Crippen LogP contribution in [0.4, 0.5) is 20.2 Å². The van der Waals surface area contributed by atoms with Crippen molar-refractivity contribution in [2.75, 3.05) is 36.4 Å². The Labute approximate surface area is 219 Å².